The molecule has 8 nitrogen and oxygen atoms in total. The Balaban J connectivity index is 0.991. The van der Waals surface area contributed by atoms with E-state index >= 15 is 0 Å². The van der Waals surface area contributed by atoms with Crippen molar-refractivity contribution >= 4 is 90.4 Å². The van der Waals surface area contributed by atoms with Crippen LogP contribution in [0.15, 0.2) is 187 Å². The molecule has 3 aliphatic rings. The van der Waals surface area contributed by atoms with Gasteiger partial charge in [0.2, 0.25) is 0 Å². The maximum absolute atomic E-state index is 7.20. The zero-order valence-corrected chi connectivity index (χ0v) is 33.3. The van der Waals surface area contributed by atoms with Crippen molar-refractivity contribution in [1.82, 2.24) is 19.9 Å². The van der Waals surface area contributed by atoms with E-state index in [1.165, 1.54) is 0 Å². The van der Waals surface area contributed by atoms with E-state index in [-0.39, 0.29) is 24.0 Å². The molecule has 4 atom stereocenters. The third-order valence-electron chi connectivity index (χ3n) is 12.6. The fourth-order valence-electron chi connectivity index (χ4n) is 9.86. The van der Waals surface area contributed by atoms with E-state index < -0.39 is 0 Å². The maximum atomic E-state index is 7.20. The van der Waals surface area contributed by atoms with Crippen molar-refractivity contribution in [2.24, 2.45) is 5.92 Å². The van der Waals surface area contributed by atoms with Gasteiger partial charge in [-0.15, -0.1) is 0 Å². The molecule has 2 aliphatic carbocycles. The fourth-order valence-corrected chi connectivity index (χ4v) is 9.86. The molecule has 5 aromatic carbocycles. The zero-order chi connectivity index (χ0) is 40.7. The van der Waals surface area contributed by atoms with Gasteiger partial charge in [0, 0.05) is 57.0 Å². The van der Waals surface area contributed by atoms with Crippen LogP contribution in [-0.2, 0) is 4.74 Å². The second-order valence-corrected chi connectivity index (χ2v) is 16.1. The quantitative estimate of drug-likeness (QED) is 0.164. The van der Waals surface area contributed by atoms with E-state index in [1.807, 2.05) is 79.1 Å². The van der Waals surface area contributed by atoms with E-state index in [0.717, 1.165) is 100.0 Å². The Kier molecular flexibility index (Phi) is 7.77. The minimum absolute atomic E-state index is 0.0239. The highest BCUT2D eigenvalue weighted by molar-refractivity contribution is 6.08. The predicted molar refractivity (Wildman–Crippen MR) is 247 cm³/mol. The van der Waals surface area contributed by atoms with Crippen LogP contribution in [-0.4, -0.2) is 32.1 Å². The molecule has 1 fully saturated rings. The number of anilines is 5. The number of rotatable bonds is 6. The number of ether oxygens (including phenoxy) is 1. The van der Waals surface area contributed by atoms with Gasteiger partial charge in [0.1, 0.15) is 28.9 Å². The lowest BCUT2D eigenvalue weighted by molar-refractivity contribution is 0.100. The van der Waals surface area contributed by atoms with Gasteiger partial charge >= 0.3 is 0 Å². The van der Waals surface area contributed by atoms with Gasteiger partial charge in [0.15, 0.2) is 5.76 Å². The van der Waals surface area contributed by atoms with Gasteiger partial charge in [-0.05, 0) is 101 Å². The van der Waals surface area contributed by atoms with Gasteiger partial charge < -0.3 is 9.15 Å². The molecule has 0 saturated carbocycles. The van der Waals surface area contributed by atoms with Gasteiger partial charge in [-0.25, -0.2) is 19.9 Å². The molecule has 0 N–H and O–H groups in total. The van der Waals surface area contributed by atoms with E-state index in [4.69, 9.17) is 29.1 Å². The fraction of sp³-hybridized carbons (Fsp3) is 0.0741. The molecule has 13 rings (SSSR count). The van der Waals surface area contributed by atoms with Gasteiger partial charge in [-0.2, -0.15) is 0 Å². The van der Waals surface area contributed by atoms with Crippen LogP contribution in [0.3, 0.4) is 0 Å². The highest BCUT2D eigenvalue weighted by Crippen LogP contribution is 2.54. The summed E-state index contributed by atoms with van der Waals surface area (Å²) >= 11 is 0. The number of para-hydroxylation sites is 2. The first-order valence-electron chi connectivity index (χ1n) is 21.0. The zero-order valence-electron chi connectivity index (χ0n) is 33.3. The first kappa shape index (κ1) is 34.9. The second-order valence-electron chi connectivity index (χ2n) is 16.1. The number of fused-ring (bicyclic) bond motifs is 12. The third-order valence-corrected chi connectivity index (χ3v) is 12.6. The number of hydrogen-bond acceptors (Lipinski definition) is 8. The molecule has 0 bridgehead atoms. The van der Waals surface area contributed by atoms with Crippen molar-refractivity contribution in [1.29, 1.82) is 0 Å². The van der Waals surface area contributed by atoms with E-state index in [2.05, 4.69) is 125 Å². The molecule has 8 heteroatoms. The third kappa shape index (κ3) is 5.50. The molecule has 6 heterocycles. The highest BCUT2D eigenvalue weighted by atomic mass is 16.5. The number of aromatic nitrogens is 4. The molecular weight excluding hydrogens is 765 g/mol. The maximum Gasteiger partial charge on any atom is 0.155 e. The normalized spacial score (nSPS) is 18.6. The smallest absolute Gasteiger partial charge is 0.155 e. The lowest BCUT2D eigenvalue weighted by atomic mass is 9.75. The summed E-state index contributed by atoms with van der Waals surface area (Å²) in [5, 5.41) is 7.72. The largest absolute Gasteiger partial charge is 0.454 e. The molecule has 10 aromatic rings. The van der Waals surface area contributed by atoms with Crippen molar-refractivity contribution in [2.75, 3.05) is 9.80 Å². The van der Waals surface area contributed by atoms with Crippen molar-refractivity contribution < 1.29 is 9.15 Å². The Labute approximate surface area is 356 Å². The Morgan fingerprint density at radius 2 is 1.11 bits per heavy atom. The van der Waals surface area contributed by atoms with Crippen LogP contribution in [0.4, 0.5) is 29.0 Å². The molecule has 5 aromatic heterocycles. The van der Waals surface area contributed by atoms with Crippen molar-refractivity contribution in [3.63, 3.8) is 0 Å². The summed E-state index contributed by atoms with van der Waals surface area (Å²) in [4.78, 5) is 24.3. The molecular formula is C54H36N6O2. The minimum atomic E-state index is -0.264. The standard InChI is InChI=1S/C54H36N6O2/c1-4-14-39-33(11-1)20-24-40-52-51-41-30-37-29-38(59(47-17-7-9-27-55-47)49-25-21-34-12-2-5-15-42(34)57-49)23-19-36(37)31-45(41)61-46(51)32-44(54(52)62-53(39)40)60(48-18-8-10-28-56-48)50-26-22-35-13-3-6-16-43(35)58-50/h1-32,41,45-46,51H. The van der Waals surface area contributed by atoms with Crippen LogP contribution < -0.4 is 20.2 Å². The number of nitrogens with zero attached hydrogens (tertiary/aromatic N) is 6. The number of furan rings is 1. The molecule has 0 amide bonds. The Morgan fingerprint density at radius 1 is 0.468 bits per heavy atom. The van der Waals surface area contributed by atoms with Crippen LogP contribution >= 0.6 is 0 Å². The van der Waals surface area contributed by atoms with Gasteiger partial charge in [0.05, 0.1) is 28.9 Å². The number of benzene rings is 5. The summed E-state index contributed by atoms with van der Waals surface area (Å²) in [7, 11) is 0. The second kappa shape index (κ2) is 13.8. The Bertz CT molecular complexity index is 3570. The molecule has 294 valence electrons. The van der Waals surface area contributed by atoms with E-state index in [0.29, 0.717) is 0 Å². The van der Waals surface area contributed by atoms with Crippen molar-refractivity contribution in [2.45, 2.75) is 18.1 Å². The number of hydrogen-bond donors (Lipinski definition) is 0. The summed E-state index contributed by atoms with van der Waals surface area (Å²) in [5.41, 5.74) is 5.67. The van der Waals surface area contributed by atoms with E-state index in [1.54, 1.807) is 0 Å². The Morgan fingerprint density at radius 3 is 1.84 bits per heavy atom. The van der Waals surface area contributed by atoms with Gasteiger partial charge in [-0.3, -0.25) is 9.80 Å². The summed E-state index contributed by atoms with van der Waals surface area (Å²) in [6.07, 6.45) is 10.2. The van der Waals surface area contributed by atoms with Gasteiger partial charge in [-0.1, -0.05) is 97.1 Å². The molecule has 4 unspecified atom stereocenters. The van der Waals surface area contributed by atoms with Crippen LogP contribution in [0.2, 0.25) is 0 Å². The Hall–Kier alpha value is -7.94. The monoisotopic (exact) mass is 800 g/mol. The summed E-state index contributed by atoms with van der Waals surface area (Å²) in [5.74, 6) is 3.88. The lowest BCUT2D eigenvalue weighted by Crippen LogP contribution is -2.35. The summed E-state index contributed by atoms with van der Waals surface area (Å²) in [6.45, 7) is 0. The molecule has 0 spiro atoms. The van der Waals surface area contributed by atoms with Crippen molar-refractivity contribution in [3.05, 3.63) is 204 Å². The number of pyridine rings is 4. The van der Waals surface area contributed by atoms with E-state index in [9.17, 15) is 0 Å². The van der Waals surface area contributed by atoms with Crippen LogP contribution in [0.5, 0.6) is 0 Å². The van der Waals surface area contributed by atoms with Crippen LogP contribution in [0, 0.1) is 5.92 Å². The molecule has 62 heavy (non-hydrogen) atoms. The first-order valence-corrected chi connectivity index (χ1v) is 21.0. The lowest BCUT2D eigenvalue weighted by Gasteiger charge is -2.31. The van der Waals surface area contributed by atoms with Crippen LogP contribution in [0.1, 0.15) is 17.2 Å². The highest BCUT2D eigenvalue weighted by Gasteiger charge is 2.49. The van der Waals surface area contributed by atoms with Crippen molar-refractivity contribution in [3.8, 4) is 0 Å². The molecule has 1 saturated heterocycles. The predicted octanol–water partition coefficient (Wildman–Crippen LogP) is 10.9. The molecule has 1 aliphatic heterocycles. The SMILES string of the molecule is C1=C(N(c2ccccn2)c2ccc3ccccc3n2)c2oc3c(ccc4ccccc43)c2C2C1OC1C=c3ccc(N(c4ccccn4)c4ccc5ccccc5n4)cc3=CC12. The topological polar surface area (TPSA) is 80.4 Å². The van der Waals surface area contributed by atoms with Crippen LogP contribution in [0.25, 0.3) is 61.4 Å². The summed E-state index contributed by atoms with van der Waals surface area (Å²) < 4.78 is 14.4. The van der Waals surface area contributed by atoms with Gasteiger partial charge in [0.25, 0.3) is 0 Å². The average molecular weight is 801 g/mol. The average Bonchev–Trinajstić information content (AvgIpc) is 3.90. The summed E-state index contributed by atoms with van der Waals surface area (Å²) in [6, 6.07) is 56.2. The first-order chi connectivity index (χ1) is 30.7. The molecule has 0 radical (unpaired) electrons. The minimum Gasteiger partial charge on any atom is -0.454 e.